The van der Waals surface area contributed by atoms with Crippen molar-refractivity contribution in [2.75, 3.05) is 19.8 Å². The maximum Gasteiger partial charge on any atom is 0.339 e. The fraction of sp³-hybridized carbons (Fsp3) is 0.244. The third-order valence-corrected chi connectivity index (χ3v) is 28.1. The Balaban J connectivity index is 0.000000122. The molecule has 7 aliphatic rings. The highest BCUT2D eigenvalue weighted by atomic mass is 16.5. The summed E-state index contributed by atoms with van der Waals surface area (Å²) in [5.41, 5.74) is 11.4. The molecular formula is C119H111N5O21. The number of phenols is 3. The summed E-state index contributed by atoms with van der Waals surface area (Å²) in [5.74, 6) is -5.44. The van der Waals surface area contributed by atoms with Crippen molar-refractivity contribution in [3.63, 3.8) is 0 Å². The molecule has 0 aromatic heterocycles. The number of esters is 3. The molecule has 0 heterocycles. The summed E-state index contributed by atoms with van der Waals surface area (Å²) in [5, 5.41) is 78.7. The van der Waals surface area contributed by atoms with Gasteiger partial charge in [0.1, 0.15) is 62.0 Å². The number of aliphatic carboxylic acids is 2. The van der Waals surface area contributed by atoms with Gasteiger partial charge < -0.3 is 81.3 Å². The number of nitrogens with one attached hydrogen (secondary N) is 4. The Morgan fingerprint density at radius 3 is 0.766 bits per heavy atom. The Bertz CT molecular complexity index is 7430. The summed E-state index contributed by atoms with van der Waals surface area (Å²) < 4.78 is 28.2. The normalized spacial score (nSPS) is 15.5. The molecule has 12 N–H and O–H groups in total. The van der Waals surface area contributed by atoms with Crippen LogP contribution in [0.3, 0.4) is 0 Å². The van der Waals surface area contributed by atoms with Crippen molar-refractivity contribution in [2.24, 2.45) is 5.73 Å². The number of phenolic OH excluding ortho intramolecular Hbond substituents is 2. The van der Waals surface area contributed by atoms with Crippen LogP contribution in [0.4, 0.5) is 0 Å². The molecule has 145 heavy (non-hydrogen) atoms. The van der Waals surface area contributed by atoms with E-state index in [1.165, 1.54) is 12.1 Å². The van der Waals surface area contributed by atoms with E-state index in [1.807, 2.05) is 218 Å². The minimum absolute atomic E-state index is 0.0660. The number of carbonyl (C=O) groups is 10. The lowest BCUT2D eigenvalue weighted by molar-refractivity contribution is -0.151. The van der Waals surface area contributed by atoms with E-state index in [-0.39, 0.29) is 96.9 Å². The van der Waals surface area contributed by atoms with Crippen LogP contribution in [0.5, 0.6) is 28.7 Å². The van der Waals surface area contributed by atoms with Gasteiger partial charge in [0.05, 0.1) is 54.3 Å². The van der Waals surface area contributed by atoms with Crippen LogP contribution in [0.15, 0.2) is 303 Å². The Morgan fingerprint density at radius 2 is 0.497 bits per heavy atom. The van der Waals surface area contributed by atoms with Gasteiger partial charge in [-0.1, -0.05) is 273 Å². The van der Waals surface area contributed by atoms with Gasteiger partial charge >= 0.3 is 35.8 Å². The number of carboxylic acid groups (broad SMARTS) is 3. The molecule has 7 aliphatic carbocycles. The second-order valence-electron chi connectivity index (χ2n) is 37.7. The second kappa shape index (κ2) is 43.0. The summed E-state index contributed by atoms with van der Waals surface area (Å²) in [6.07, 6.45) is 10.1. The molecule has 0 saturated heterocycles. The summed E-state index contributed by atoms with van der Waals surface area (Å²) in [6, 6.07) is 93.1. The number of rotatable bonds is 21. The summed E-state index contributed by atoms with van der Waals surface area (Å²) >= 11 is 0. The maximum absolute atomic E-state index is 13.6. The quantitative estimate of drug-likeness (QED) is 0.0235. The van der Waals surface area contributed by atoms with Crippen molar-refractivity contribution in [1.82, 2.24) is 21.3 Å². The third kappa shape index (κ3) is 21.1. The zero-order chi connectivity index (χ0) is 102. The van der Waals surface area contributed by atoms with Gasteiger partial charge in [0.25, 0.3) is 23.6 Å². The lowest BCUT2D eigenvalue weighted by Gasteiger charge is -2.30. The number of carbonyl (C=O) groups excluding carboxylic acids is 7. The van der Waals surface area contributed by atoms with E-state index in [0.717, 1.165) is 132 Å². The van der Waals surface area contributed by atoms with Crippen LogP contribution in [-0.2, 0) is 102 Å². The predicted octanol–water partition coefficient (Wildman–Crippen LogP) is 18.3. The van der Waals surface area contributed by atoms with Gasteiger partial charge in [0.2, 0.25) is 0 Å². The zero-order valence-electron chi connectivity index (χ0n) is 80.3. The second-order valence-corrected chi connectivity index (χ2v) is 37.7. The fourth-order valence-corrected chi connectivity index (χ4v) is 20.1. The Labute approximate surface area is 836 Å². The van der Waals surface area contributed by atoms with Crippen molar-refractivity contribution >= 4 is 113 Å². The molecular weight excluding hydrogens is 1840 g/mol. The third-order valence-electron chi connectivity index (χ3n) is 28.1. The standard InChI is InChI=1S/C27H27NO4.C25H23NO4.C23H21NO4.C21H17NO4.C12H15NO2.C11H8O3/c1-2-31-26(30)27(16-19-9-3-4-10-20(19)17-27)28-25(29)23-15-14-18-8-5-6-13-22(18)24(23)32-21-11-7-12-21;27-23(26-25(24(28)29)14-17-7-1-2-8-18(17)15-25)21-13-12-16-6-3-4-11-20(16)22(21)30-19-9-5-10-19;1-2-28-22(27)23(13-16-8-3-4-9-17(16)14-23)24-21(26)19-12-11-15-7-5-6-10-18(15)20(19)25;23-18-16-8-4-3-5-13(16)9-10-17(18)19(24)22-21(20(25)26)11-14-6-1-2-7-15(14)12-21;1-2-15-11(14)12(13)7-9-5-3-4-6-10(9)8-12;12-10-8-4-2-1-3-7(8)5-6-9(10)11(13)14/h3-6,8-10,13-15,21H,2,7,11-12,16-17H2,1H3,(H,28,29);1-4,6-8,11-13,19H,5,9-10,14-15H2,(H,26,27)(H,28,29);3-12,25H,2,13-14H2,1H3,(H,24,26);1-10,23H,11-12H2,(H,22,24)(H,25,26);3-6H,2,7-8,13H2,1H3;1-6,12H,(H,13,14). The van der Waals surface area contributed by atoms with E-state index in [2.05, 4.69) is 21.3 Å². The van der Waals surface area contributed by atoms with Gasteiger partial charge in [-0.25, -0.2) is 24.0 Å². The SMILES string of the molecule is CCOC(=O)C1(N)Cc2ccccc2C1.CCOC(=O)C1(NC(=O)c2ccc3ccccc3c2O)Cc2ccccc2C1.CCOC(=O)C1(NC(=O)c2ccc3ccccc3c2OC2CCC2)Cc2ccccc2C1.O=C(NC1(C(=O)O)Cc2ccccc2C1)c1ccc2ccccc2c1O.O=C(NC1(C(=O)O)Cc2ccccc2C1)c1ccc2ccccc2c1OC1CCC1.O=C(O)c1ccc2ccccc2c1O. The highest BCUT2D eigenvalue weighted by molar-refractivity contribution is 6.10. The molecule has 4 amide bonds. The first-order chi connectivity index (χ1) is 70.0. The Kier molecular flexibility index (Phi) is 29.6. The van der Waals surface area contributed by atoms with Gasteiger partial charge in [-0.05, 0) is 172 Å². The average Bonchev–Trinajstić information content (AvgIpc) is 1.70. The van der Waals surface area contributed by atoms with E-state index in [0.29, 0.717) is 83.9 Å². The number of amides is 4. The predicted molar refractivity (Wildman–Crippen MR) is 550 cm³/mol. The lowest BCUT2D eigenvalue weighted by atomic mass is 9.94. The van der Waals surface area contributed by atoms with E-state index in [4.69, 9.17) is 34.5 Å². The van der Waals surface area contributed by atoms with E-state index in [9.17, 15) is 73.5 Å². The number of aromatic hydroxyl groups is 3. The van der Waals surface area contributed by atoms with Crippen LogP contribution in [0.2, 0.25) is 0 Å². The van der Waals surface area contributed by atoms with Crippen molar-refractivity contribution in [2.45, 2.75) is 163 Å². The van der Waals surface area contributed by atoms with Crippen molar-refractivity contribution in [3.05, 3.63) is 387 Å². The number of aromatic carboxylic acids is 1. The minimum atomic E-state index is -1.40. The smallest absolute Gasteiger partial charge is 0.339 e. The van der Waals surface area contributed by atoms with E-state index in [1.54, 1.807) is 93.6 Å². The van der Waals surface area contributed by atoms with E-state index >= 15 is 0 Å². The number of carboxylic acids is 3. The number of benzene rings is 15. The Morgan fingerprint density at radius 1 is 0.276 bits per heavy atom. The van der Waals surface area contributed by atoms with Gasteiger partial charge in [-0.3, -0.25) is 24.0 Å². The highest BCUT2D eigenvalue weighted by Gasteiger charge is 2.51. The van der Waals surface area contributed by atoms with Gasteiger partial charge in [-0.15, -0.1) is 0 Å². The number of nitrogens with two attached hydrogens (primary N) is 1. The molecule has 2 saturated carbocycles. The number of hydrogen-bond donors (Lipinski definition) is 11. The molecule has 15 aromatic carbocycles. The summed E-state index contributed by atoms with van der Waals surface area (Å²) in [7, 11) is 0. The number of ether oxygens (including phenoxy) is 5. The van der Waals surface area contributed by atoms with Crippen LogP contribution in [0, 0.1) is 0 Å². The first kappa shape index (κ1) is 99.8. The molecule has 2 fully saturated rings. The molecule has 22 rings (SSSR count). The van der Waals surface area contributed by atoms with Crippen molar-refractivity contribution in [3.8, 4) is 28.7 Å². The first-order valence-corrected chi connectivity index (χ1v) is 48.7. The molecule has 738 valence electrons. The zero-order valence-corrected chi connectivity index (χ0v) is 80.3. The highest BCUT2D eigenvalue weighted by Crippen LogP contribution is 2.43. The molecule has 26 heteroatoms. The largest absolute Gasteiger partial charge is 0.506 e. The molecule has 0 bridgehead atoms. The fourth-order valence-electron chi connectivity index (χ4n) is 20.1. The molecule has 0 aliphatic heterocycles. The monoisotopic (exact) mass is 1950 g/mol. The molecule has 0 atom stereocenters. The van der Waals surface area contributed by atoms with E-state index < -0.39 is 75.3 Å². The van der Waals surface area contributed by atoms with Crippen LogP contribution in [0.25, 0.3) is 53.9 Å². The first-order valence-electron chi connectivity index (χ1n) is 48.7. The Hall–Kier alpha value is -16.7. The van der Waals surface area contributed by atoms with Crippen LogP contribution in [-0.4, -0.2) is 150 Å². The molecule has 0 spiro atoms. The lowest BCUT2D eigenvalue weighted by Crippen LogP contribution is -2.56. The number of hydrogen-bond acceptors (Lipinski definition) is 19. The van der Waals surface area contributed by atoms with Gasteiger partial charge in [-0.2, -0.15) is 0 Å². The number of fused-ring (bicyclic) bond motifs is 10. The maximum atomic E-state index is 13.6. The van der Waals surface area contributed by atoms with Gasteiger partial charge in [0, 0.05) is 91.1 Å². The van der Waals surface area contributed by atoms with Crippen LogP contribution in [0.1, 0.15) is 167 Å². The molecule has 15 aromatic rings. The molecule has 0 unspecified atom stereocenters. The van der Waals surface area contributed by atoms with Crippen LogP contribution >= 0.6 is 0 Å². The van der Waals surface area contributed by atoms with Crippen molar-refractivity contribution in [1.29, 1.82) is 0 Å². The molecule has 26 nitrogen and oxygen atoms in total. The van der Waals surface area contributed by atoms with Crippen molar-refractivity contribution < 1.29 is 102 Å². The van der Waals surface area contributed by atoms with Gasteiger partial charge in [0.15, 0.2) is 0 Å². The molecule has 0 radical (unpaired) electrons. The van der Waals surface area contributed by atoms with Crippen LogP contribution < -0.4 is 36.5 Å². The summed E-state index contributed by atoms with van der Waals surface area (Å²) in [6.45, 7) is 6.19. The summed E-state index contributed by atoms with van der Waals surface area (Å²) in [4.78, 5) is 125. The topological polar surface area (TPSA) is 412 Å². The average molecular weight is 1950 g/mol. The minimum Gasteiger partial charge on any atom is -0.506 e.